The molecule has 4 heteroatoms. The van der Waals surface area contributed by atoms with Crippen LogP contribution in [0.25, 0.3) is 5.57 Å². The molecular weight excluding hydrogens is 370 g/mol. The van der Waals surface area contributed by atoms with E-state index >= 15 is 0 Å². The van der Waals surface area contributed by atoms with Crippen molar-refractivity contribution in [2.24, 2.45) is 0 Å². The summed E-state index contributed by atoms with van der Waals surface area (Å²) in [6.07, 6.45) is 0. The Morgan fingerprint density at radius 3 is 2.21 bits per heavy atom. The van der Waals surface area contributed by atoms with Crippen molar-refractivity contribution >= 4 is 23.1 Å². The number of amides is 1. The molecule has 0 aliphatic carbocycles. The predicted octanol–water partition coefficient (Wildman–Crippen LogP) is 5.70. The largest absolute Gasteiger partial charge is 0.503 e. The highest BCUT2D eigenvalue weighted by atomic mass is 35.5. The summed E-state index contributed by atoms with van der Waals surface area (Å²) >= 11 is 6.07. The molecule has 1 heterocycles. The van der Waals surface area contributed by atoms with Gasteiger partial charge in [0.2, 0.25) is 0 Å². The van der Waals surface area contributed by atoms with Crippen LogP contribution >= 0.6 is 11.6 Å². The molecule has 3 aromatic rings. The second-order valence-corrected chi connectivity index (χ2v) is 7.44. The normalized spacial score (nSPS) is 16.7. The number of halogens is 1. The zero-order chi connectivity index (χ0) is 19.7. The number of benzene rings is 3. The fourth-order valence-corrected chi connectivity index (χ4v) is 3.74. The van der Waals surface area contributed by atoms with Crippen molar-refractivity contribution in [3.05, 3.63) is 112 Å². The number of aryl methyl sites for hydroxylation is 1. The van der Waals surface area contributed by atoms with Crippen LogP contribution in [0.1, 0.15) is 28.3 Å². The number of hydrogen-bond acceptors (Lipinski definition) is 2. The molecule has 0 bridgehead atoms. The number of rotatable bonds is 4. The zero-order valence-electron chi connectivity index (χ0n) is 15.5. The summed E-state index contributed by atoms with van der Waals surface area (Å²) in [5, 5.41) is 11.4. The maximum absolute atomic E-state index is 13.0. The minimum absolute atomic E-state index is 0.196. The van der Waals surface area contributed by atoms with Gasteiger partial charge < -0.3 is 10.0 Å². The fourth-order valence-electron chi connectivity index (χ4n) is 3.61. The lowest BCUT2D eigenvalue weighted by Crippen LogP contribution is -2.29. The third-order valence-electron chi connectivity index (χ3n) is 5.05. The summed E-state index contributed by atoms with van der Waals surface area (Å²) in [6.45, 7) is 2.44. The molecule has 1 aliphatic rings. The number of nitrogens with zero attached hydrogens (tertiary/aromatic N) is 1. The van der Waals surface area contributed by atoms with E-state index in [1.54, 1.807) is 4.90 Å². The van der Waals surface area contributed by atoms with Gasteiger partial charge in [-0.05, 0) is 35.7 Å². The van der Waals surface area contributed by atoms with E-state index in [2.05, 4.69) is 0 Å². The van der Waals surface area contributed by atoms with Crippen LogP contribution in [0.5, 0.6) is 0 Å². The summed E-state index contributed by atoms with van der Waals surface area (Å²) in [4.78, 5) is 14.7. The first kappa shape index (κ1) is 18.3. The van der Waals surface area contributed by atoms with Gasteiger partial charge in [-0.1, -0.05) is 83.9 Å². The lowest BCUT2D eigenvalue weighted by atomic mass is 9.93. The lowest BCUT2D eigenvalue weighted by Gasteiger charge is -2.27. The Bertz CT molecular complexity index is 1020. The van der Waals surface area contributed by atoms with E-state index in [1.807, 2.05) is 85.8 Å². The molecule has 0 radical (unpaired) electrons. The van der Waals surface area contributed by atoms with E-state index in [0.717, 1.165) is 22.3 Å². The Kier molecular flexibility index (Phi) is 4.93. The highest BCUT2D eigenvalue weighted by Crippen LogP contribution is 2.43. The van der Waals surface area contributed by atoms with E-state index in [9.17, 15) is 9.90 Å². The smallest absolute Gasteiger partial charge is 0.290 e. The van der Waals surface area contributed by atoms with Gasteiger partial charge in [-0.3, -0.25) is 4.79 Å². The van der Waals surface area contributed by atoms with Crippen LogP contribution in [0.15, 0.2) is 84.6 Å². The molecule has 140 valence electrons. The number of carbonyl (C=O) groups is 1. The van der Waals surface area contributed by atoms with Gasteiger partial charge in [0.25, 0.3) is 5.91 Å². The summed E-state index contributed by atoms with van der Waals surface area (Å²) < 4.78 is 0. The van der Waals surface area contributed by atoms with E-state index in [4.69, 9.17) is 11.6 Å². The Hall–Kier alpha value is -3.04. The monoisotopic (exact) mass is 389 g/mol. The van der Waals surface area contributed by atoms with Gasteiger partial charge in [0.05, 0.1) is 6.04 Å². The van der Waals surface area contributed by atoms with Gasteiger partial charge >= 0.3 is 0 Å². The highest BCUT2D eigenvalue weighted by molar-refractivity contribution is 6.30. The van der Waals surface area contributed by atoms with E-state index in [0.29, 0.717) is 17.1 Å². The third kappa shape index (κ3) is 3.41. The number of aliphatic hydroxyl groups excluding tert-OH is 1. The quantitative estimate of drug-likeness (QED) is 0.621. The number of aliphatic hydroxyl groups is 1. The highest BCUT2D eigenvalue weighted by Gasteiger charge is 2.40. The molecule has 0 saturated heterocycles. The first-order chi connectivity index (χ1) is 13.5. The summed E-state index contributed by atoms with van der Waals surface area (Å²) in [6, 6.07) is 24.7. The van der Waals surface area contributed by atoms with Crippen molar-refractivity contribution in [3.8, 4) is 0 Å². The van der Waals surface area contributed by atoms with E-state index in [-0.39, 0.29) is 17.7 Å². The molecule has 4 rings (SSSR count). The average molecular weight is 390 g/mol. The van der Waals surface area contributed by atoms with Gasteiger partial charge in [-0.15, -0.1) is 0 Å². The van der Waals surface area contributed by atoms with Gasteiger partial charge in [0.1, 0.15) is 0 Å². The molecule has 28 heavy (non-hydrogen) atoms. The average Bonchev–Trinajstić information content (AvgIpc) is 2.96. The number of carbonyl (C=O) groups excluding carboxylic acids is 1. The molecule has 3 nitrogen and oxygen atoms in total. The molecule has 1 N–H and O–H groups in total. The summed E-state index contributed by atoms with van der Waals surface area (Å²) in [7, 11) is 0. The van der Waals surface area contributed by atoms with Crippen LogP contribution in [0, 0.1) is 6.92 Å². The Labute approximate surface area is 169 Å². The van der Waals surface area contributed by atoms with E-state index < -0.39 is 0 Å². The molecule has 3 aromatic carbocycles. The number of hydrogen-bond donors (Lipinski definition) is 1. The van der Waals surface area contributed by atoms with Crippen LogP contribution < -0.4 is 0 Å². The van der Waals surface area contributed by atoms with E-state index in [1.165, 1.54) is 0 Å². The SMILES string of the molecule is Cc1ccc(CN2C(=O)C(O)=C(c3ccccc3)[C@@H]2c2ccc(Cl)cc2)cc1. The molecule has 0 aromatic heterocycles. The maximum Gasteiger partial charge on any atom is 0.290 e. The maximum atomic E-state index is 13.0. The van der Waals surface area contributed by atoms with Crippen LogP contribution in [-0.4, -0.2) is 15.9 Å². The van der Waals surface area contributed by atoms with Crippen molar-refractivity contribution in [1.82, 2.24) is 4.90 Å². The van der Waals surface area contributed by atoms with Crippen molar-refractivity contribution < 1.29 is 9.90 Å². The molecule has 1 aliphatic heterocycles. The van der Waals surface area contributed by atoms with Crippen LogP contribution in [0.3, 0.4) is 0 Å². The Morgan fingerprint density at radius 1 is 0.929 bits per heavy atom. The van der Waals surface area contributed by atoms with Gasteiger partial charge in [-0.25, -0.2) is 0 Å². The molecule has 0 spiro atoms. The first-order valence-corrected chi connectivity index (χ1v) is 9.53. The molecule has 0 unspecified atom stereocenters. The standard InChI is InChI=1S/C24H20ClNO2/c1-16-7-9-17(10-8-16)15-26-22(19-11-13-20(25)14-12-19)21(23(27)24(26)28)18-5-3-2-4-6-18/h2-14,22,27H,15H2,1H3/t22-/m0/s1. The predicted molar refractivity (Wildman–Crippen MR) is 112 cm³/mol. The lowest BCUT2D eigenvalue weighted by molar-refractivity contribution is -0.130. The van der Waals surface area contributed by atoms with Crippen molar-refractivity contribution in [2.75, 3.05) is 0 Å². The Balaban J connectivity index is 1.80. The molecular formula is C24H20ClNO2. The first-order valence-electron chi connectivity index (χ1n) is 9.15. The zero-order valence-corrected chi connectivity index (χ0v) is 16.2. The second-order valence-electron chi connectivity index (χ2n) is 7.00. The molecule has 1 amide bonds. The van der Waals surface area contributed by atoms with Crippen molar-refractivity contribution in [3.63, 3.8) is 0 Å². The summed E-state index contributed by atoms with van der Waals surface area (Å²) in [5.74, 6) is -0.558. The second kappa shape index (κ2) is 7.53. The topological polar surface area (TPSA) is 40.5 Å². The van der Waals surface area contributed by atoms with Crippen LogP contribution in [0.4, 0.5) is 0 Å². The fraction of sp³-hybridized carbons (Fsp3) is 0.125. The van der Waals surface area contributed by atoms with Gasteiger partial charge in [-0.2, -0.15) is 0 Å². The summed E-state index contributed by atoms with van der Waals surface area (Å²) in [5.41, 5.74) is 4.55. The van der Waals surface area contributed by atoms with Crippen molar-refractivity contribution in [2.45, 2.75) is 19.5 Å². The van der Waals surface area contributed by atoms with Gasteiger partial charge in [0, 0.05) is 17.1 Å². The Morgan fingerprint density at radius 2 is 1.57 bits per heavy atom. The minimum atomic E-state index is -0.381. The van der Waals surface area contributed by atoms with Crippen LogP contribution in [-0.2, 0) is 11.3 Å². The van der Waals surface area contributed by atoms with Crippen molar-refractivity contribution in [1.29, 1.82) is 0 Å². The third-order valence-corrected chi connectivity index (χ3v) is 5.30. The van der Waals surface area contributed by atoms with Crippen LogP contribution in [0.2, 0.25) is 5.02 Å². The van der Waals surface area contributed by atoms with Gasteiger partial charge in [0.15, 0.2) is 5.76 Å². The minimum Gasteiger partial charge on any atom is -0.503 e. The molecule has 1 atom stereocenters. The molecule has 0 saturated carbocycles. The molecule has 0 fully saturated rings.